The lowest BCUT2D eigenvalue weighted by molar-refractivity contribution is -0.145. The predicted molar refractivity (Wildman–Crippen MR) is 96.6 cm³/mol. The number of aromatic nitrogens is 1. The van der Waals surface area contributed by atoms with Crippen molar-refractivity contribution in [3.63, 3.8) is 0 Å². The predicted octanol–water partition coefficient (Wildman–Crippen LogP) is 2.71. The SMILES string of the molecule is CCOC(=O)COc1ccc2c(c1)c(C(=O)OCC)c(C)n2CCOC. The molecule has 0 atom stereocenters. The van der Waals surface area contributed by atoms with Crippen molar-refractivity contribution in [2.45, 2.75) is 27.3 Å². The van der Waals surface area contributed by atoms with Gasteiger partial charge < -0.3 is 23.5 Å². The second kappa shape index (κ2) is 9.24. The van der Waals surface area contributed by atoms with Gasteiger partial charge in [-0.25, -0.2) is 9.59 Å². The van der Waals surface area contributed by atoms with Crippen molar-refractivity contribution >= 4 is 22.8 Å². The molecule has 0 N–H and O–H groups in total. The van der Waals surface area contributed by atoms with E-state index in [-0.39, 0.29) is 12.6 Å². The number of carbonyl (C=O) groups is 2. The van der Waals surface area contributed by atoms with Gasteiger partial charge >= 0.3 is 11.9 Å². The van der Waals surface area contributed by atoms with Crippen LogP contribution in [0.25, 0.3) is 10.9 Å². The number of hydrogen-bond acceptors (Lipinski definition) is 6. The van der Waals surface area contributed by atoms with Gasteiger partial charge in [0.05, 0.1) is 25.4 Å². The molecule has 0 aliphatic rings. The molecule has 7 heteroatoms. The number of esters is 2. The molecule has 26 heavy (non-hydrogen) atoms. The first-order valence-electron chi connectivity index (χ1n) is 8.60. The Morgan fingerprint density at radius 3 is 2.50 bits per heavy atom. The van der Waals surface area contributed by atoms with Gasteiger partial charge in [0.25, 0.3) is 0 Å². The Morgan fingerprint density at radius 1 is 1.12 bits per heavy atom. The highest BCUT2D eigenvalue weighted by molar-refractivity contribution is 6.06. The second-order valence-corrected chi connectivity index (χ2v) is 5.60. The van der Waals surface area contributed by atoms with Gasteiger partial charge in [-0.2, -0.15) is 0 Å². The first-order valence-corrected chi connectivity index (χ1v) is 8.60. The van der Waals surface area contributed by atoms with Crippen LogP contribution < -0.4 is 4.74 Å². The molecular weight excluding hydrogens is 338 g/mol. The van der Waals surface area contributed by atoms with Gasteiger partial charge in [0.1, 0.15) is 5.75 Å². The van der Waals surface area contributed by atoms with Crippen molar-refractivity contribution in [3.05, 3.63) is 29.5 Å². The molecule has 1 aromatic carbocycles. The van der Waals surface area contributed by atoms with E-state index in [2.05, 4.69) is 0 Å². The minimum atomic E-state index is -0.438. The summed E-state index contributed by atoms with van der Waals surface area (Å²) in [5.41, 5.74) is 2.18. The summed E-state index contributed by atoms with van der Waals surface area (Å²) in [6.45, 7) is 6.93. The third-order valence-corrected chi connectivity index (χ3v) is 3.96. The summed E-state index contributed by atoms with van der Waals surface area (Å²) in [7, 11) is 1.63. The summed E-state index contributed by atoms with van der Waals surface area (Å²) in [5.74, 6) is -0.333. The van der Waals surface area contributed by atoms with Gasteiger partial charge in [-0.15, -0.1) is 0 Å². The number of methoxy groups -OCH3 is 1. The molecule has 1 aromatic heterocycles. The van der Waals surface area contributed by atoms with E-state index in [1.165, 1.54) is 0 Å². The van der Waals surface area contributed by atoms with Gasteiger partial charge in [0.2, 0.25) is 0 Å². The Balaban J connectivity index is 2.41. The van der Waals surface area contributed by atoms with Gasteiger partial charge in [-0.05, 0) is 39.0 Å². The molecule has 0 saturated heterocycles. The molecule has 0 saturated carbocycles. The van der Waals surface area contributed by atoms with Crippen LogP contribution in [0.5, 0.6) is 5.75 Å². The van der Waals surface area contributed by atoms with Crippen LogP contribution in [0.15, 0.2) is 18.2 Å². The van der Waals surface area contributed by atoms with Crippen molar-refractivity contribution in [2.75, 3.05) is 33.5 Å². The molecular formula is C19H25NO6. The van der Waals surface area contributed by atoms with Crippen LogP contribution in [0.2, 0.25) is 0 Å². The topological polar surface area (TPSA) is 76.0 Å². The van der Waals surface area contributed by atoms with Crippen molar-refractivity contribution < 1.29 is 28.5 Å². The van der Waals surface area contributed by atoms with E-state index in [9.17, 15) is 9.59 Å². The number of nitrogens with zero attached hydrogens (tertiary/aromatic N) is 1. The summed E-state index contributed by atoms with van der Waals surface area (Å²) < 4.78 is 22.7. The Bertz CT molecular complexity index is 780. The van der Waals surface area contributed by atoms with E-state index in [4.69, 9.17) is 18.9 Å². The molecule has 0 amide bonds. The molecule has 2 rings (SSSR count). The monoisotopic (exact) mass is 363 g/mol. The lowest BCUT2D eigenvalue weighted by Gasteiger charge is -2.08. The number of ether oxygens (including phenoxy) is 4. The van der Waals surface area contributed by atoms with Crippen LogP contribution in [0.3, 0.4) is 0 Å². The highest BCUT2D eigenvalue weighted by atomic mass is 16.6. The molecule has 0 fully saturated rings. The average Bonchev–Trinajstić information content (AvgIpc) is 2.89. The molecule has 142 valence electrons. The van der Waals surface area contributed by atoms with Crippen LogP contribution in [-0.4, -0.2) is 50.0 Å². The third kappa shape index (κ3) is 4.35. The number of fused-ring (bicyclic) bond motifs is 1. The smallest absolute Gasteiger partial charge is 0.344 e. The van der Waals surface area contributed by atoms with Crippen molar-refractivity contribution in [2.24, 2.45) is 0 Å². The first kappa shape index (κ1) is 19.8. The summed E-state index contributed by atoms with van der Waals surface area (Å²) in [6, 6.07) is 5.37. The Kier molecular flexibility index (Phi) is 7.03. The quantitative estimate of drug-likeness (QED) is 0.638. The zero-order valence-corrected chi connectivity index (χ0v) is 15.7. The lowest BCUT2D eigenvalue weighted by atomic mass is 10.1. The maximum atomic E-state index is 12.4. The van der Waals surface area contributed by atoms with E-state index in [1.807, 2.05) is 17.6 Å². The minimum Gasteiger partial charge on any atom is -0.482 e. The summed E-state index contributed by atoms with van der Waals surface area (Å²) in [5, 5.41) is 0.721. The van der Waals surface area contributed by atoms with Crippen molar-refractivity contribution in [1.82, 2.24) is 4.57 Å². The summed E-state index contributed by atoms with van der Waals surface area (Å²) in [4.78, 5) is 23.9. The average molecular weight is 363 g/mol. The first-order chi connectivity index (χ1) is 12.5. The summed E-state index contributed by atoms with van der Waals surface area (Å²) in [6.07, 6.45) is 0. The molecule has 2 aromatic rings. The van der Waals surface area contributed by atoms with Crippen LogP contribution in [-0.2, 0) is 25.5 Å². The van der Waals surface area contributed by atoms with Crippen molar-refractivity contribution in [1.29, 1.82) is 0 Å². The Morgan fingerprint density at radius 2 is 1.85 bits per heavy atom. The molecule has 0 aliphatic heterocycles. The van der Waals surface area contributed by atoms with E-state index in [0.717, 1.165) is 16.6 Å². The fourth-order valence-electron chi connectivity index (χ4n) is 2.83. The van der Waals surface area contributed by atoms with Gasteiger partial charge in [-0.1, -0.05) is 0 Å². The van der Waals surface area contributed by atoms with Gasteiger partial charge in [-0.3, -0.25) is 0 Å². The van der Waals surface area contributed by atoms with Gasteiger partial charge in [0.15, 0.2) is 6.61 Å². The normalized spacial score (nSPS) is 10.8. The lowest BCUT2D eigenvalue weighted by Crippen LogP contribution is -2.14. The Labute approximate surface area is 152 Å². The molecule has 1 heterocycles. The minimum absolute atomic E-state index is 0.183. The standard InChI is InChI=1S/C19H25NO6/c1-5-24-17(21)12-26-14-7-8-16-15(11-14)18(19(22)25-6-2)13(3)20(16)9-10-23-4/h7-8,11H,5-6,9-10,12H2,1-4H3. The zero-order valence-electron chi connectivity index (χ0n) is 15.7. The highest BCUT2D eigenvalue weighted by Gasteiger charge is 2.21. The van der Waals surface area contributed by atoms with E-state index < -0.39 is 5.97 Å². The number of hydrogen-bond donors (Lipinski definition) is 0. The molecule has 0 radical (unpaired) electrons. The molecule has 0 bridgehead atoms. The maximum Gasteiger partial charge on any atom is 0.344 e. The number of benzene rings is 1. The molecule has 7 nitrogen and oxygen atoms in total. The fourth-order valence-corrected chi connectivity index (χ4v) is 2.83. The van der Waals surface area contributed by atoms with E-state index in [0.29, 0.717) is 37.7 Å². The van der Waals surface area contributed by atoms with Crippen LogP contribution in [0, 0.1) is 6.92 Å². The molecule has 0 aliphatic carbocycles. The van der Waals surface area contributed by atoms with E-state index >= 15 is 0 Å². The highest BCUT2D eigenvalue weighted by Crippen LogP contribution is 2.30. The van der Waals surface area contributed by atoms with E-state index in [1.54, 1.807) is 33.1 Å². The summed E-state index contributed by atoms with van der Waals surface area (Å²) >= 11 is 0. The second-order valence-electron chi connectivity index (χ2n) is 5.60. The van der Waals surface area contributed by atoms with Crippen LogP contribution in [0.1, 0.15) is 29.9 Å². The Hall–Kier alpha value is -2.54. The number of carbonyl (C=O) groups excluding carboxylic acids is 2. The largest absolute Gasteiger partial charge is 0.482 e. The van der Waals surface area contributed by atoms with Crippen molar-refractivity contribution in [3.8, 4) is 5.75 Å². The number of rotatable bonds is 9. The third-order valence-electron chi connectivity index (χ3n) is 3.96. The van der Waals surface area contributed by atoms with Gasteiger partial charge in [0, 0.05) is 30.3 Å². The molecule has 0 unspecified atom stereocenters. The fraction of sp³-hybridized carbons (Fsp3) is 0.474. The molecule has 0 spiro atoms. The zero-order chi connectivity index (χ0) is 19.1. The maximum absolute atomic E-state index is 12.4. The van der Waals surface area contributed by atoms with Crippen LogP contribution >= 0.6 is 0 Å². The van der Waals surface area contributed by atoms with Crippen LogP contribution in [0.4, 0.5) is 0 Å².